The predicted molar refractivity (Wildman–Crippen MR) is 94.3 cm³/mol. The minimum atomic E-state index is -0.535. The van der Waals surface area contributed by atoms with Gasteiger partial charge in [0.2, 0.25) is 0 Å². The fourth-order valence-electron chi connectivity index (χ4n) is 2.02. The highest BCUT2D eigenvalue weighted by Gasteiger charge is 2.10. The van der Waals surface area contributed by atoms with Crippen molar-refractivity contribution in [2.24, 2.45) is 0 Å². The second-order valence-electron chi connectivity index (χ2n) is 4.99. The molecule has 0 spiro atoms. The Hall–Kier alpha value is -2.31. The summed E-state index contributed by atoms with van der Waals surface area (Å²) < 4.78 is 10.0. The molecule has 5 nitrogen and oxygen atoms in total. The maximum atomic E-state index is 11.9. The fourth-order valence-corrected chi connectivity index (χ4v) is 2.48. The van der Waals surface area contributed by atoms with Gasteiger partial charge in [-0.25, -0.2) is 4.79 Å². The van der Waals surface area contributed by atoms with E-state index >= 15 is 0 Å². The third kappa shape index (κ3) is 5.40. The third-order valence-corrected chi connectivity index (χ3v) is 3.91. The number of esters is 1. The summed E-state index contributed by atoms with van der Waals surface area (Å²) in [5, 5.41) is 2.70. The molecule has 0 aromatic heterocycles. The monoisotopic (exact) mass is 345 g/mol. The van der Waals surface area contributed by atoms with E-state index in [0.29, 0.717) is 17.9 Å². The number of carbonyl (C=O) groups is 2. The van der Waals surface area contributed by atoms with E-state index in [2.05, 4.69) is 5.32 Å². The van der Waals surface area contributed by atoms with E-state index in [1.54, 1.807) is 49.2 Å². The smallest absolute Gasteiger partial charge is 0.338 e. The zero-order valence-electron chi connectivity index (χ0n) is 13.6. The lowest BCUT2D eigenvalue weighted by molar-refractivity contribution is -0.119. The second kappa shape index (κ2) is 9.10. The molecule has 0 aliphatic rings. The molecule has 0 saturated heterocycles. The number of carbonyl (C=O) groups excluding carboxylic acids is 2. The molecule has 0 saturated carbocycles. The molecule has 126 valence electrons. The third-order valence-electron chi connectivity index (χ3n) is 3.19. The predicted octanol–water partition coefficient (Wildman–Crippen LogP) is 3.35. The molecule has 0 aliphatic heterocycles. The minimum Gasteiger partial charge on any atom is -0.452 e. The molecule has 0 heterocycles. The van der Waals surface area contributed by atoms with Crippen LogP contribution in [0.25, 0.3) is 0 Å². The van der Waals surface area contributed by atoms with Crippen molar-refractivity contribution < 1.29 is 19.1 Å². The fraction of sp³-hybridized carbons (Fsp3) is 0.222. The summed E-state index contributed by atoms with van der Waals surface area (Å²) >= 11 is 1.58. The Morgan fingerprint density at radius 3 is 2.54 bits per heavy atom. The molecule has 0 aliphatic carbocycles. The molecular formula is C18H19NO4S. The van der Waals surface area contributed by atoms with Gasteiger partial charge in [0.1, 0.15) is 0 Å². The summed E-state index contributed by atoms with van der Waals surface area (Å²) in [6, 6.07) is 14.3. The molecule has 2 aromatic rings. The molecule has 0 bridgehead atoms. The summed E-state index contributed by atoms with van der Waals surface area (Å²) in [6.07, 6.45) is 1.96. The largest absolute Gasteiger partial charge is 0.452 e. The van der Waals surface area contributed by atoms with E-state index in [4.69, 9.17) is 9.47 Å². The maximum absolute atomic E-state index is 11.9. The Bertz CT molecular complexity index is 700. The molecule has 1 amide bonds. The average molecular weight is 345 g/mol. The number of thioether (sulfide) groups is 1. The first-order valence-electron chi connectivity index (χ1n) is 7.31. The van der Waals surface area contributed by atoms with Crippen LogP contribution in [0.5, 0.6) is 0 Å². The first-order chi connectivity index (χ1) is 11.6. The molecule has 1 N–H and O–H groups in total. The molecule has 2 rings (SSSR count). The van der Waals surface area contributed by atoms with Crippen LogP contribution in [0.2, 0.25) is 0 Å². The molecule has 0 unspecified atom stereocenters. The Labute approximate surface area is 145 Å². The number of ether oxygens (including phenoxy) is 2. The highest BCUT2D eigenvalue weighted by molar-refractivity contribution is 7.98. The van der Waals surface area contributed by atoms with Crippen LogP contribution in [0.4, 0.5) is 5.69 Å². The van der Waals surface area contributed by atoms with Gasteiger partial charge in [-0.3, -0.25) is 4.79 Å². The summed E-state index contributed by atoms with van der Waals surface area (Å²) in [5.41, 5.74) is 2.03. The Morgan fingerprint density at radius 2 is 1.88 bits per heavy atom. The standard InChI is InChI=1S/C18H19NO4S/c1-22-11-13-6-8-14(9-7-13)18(21)23-12-17(20)19-15-4-3-5-16(10-15)24-2/h3-10H,11-12H2,1-2H3,(H,19,20). The zero-order valence-corrected chi connectivity index (χ0v) is 14.4. The van der Waals surface area contributed by atoms with Gasteiger partial charge in [-0.2, -0.15) is 0 Å². The van der Waals surface area contributed by atoms with Crippen molar-refractivity contribution in [3.05, 3.63) is 59.7 Å². The molecular weight excluding hydrogens is 326 g/mol. The van der Waals surface area contributed by atoms with Gasteiger partial charge in [0.15, 0.2) is 6.61 Å². The van der Waals surface area contributed by atoms with Crippen molar-refractivity contribution in [2.75, 3.05) is 25.3 Å². The average Bonchev–Trinajstić information content (AvgIpc) is 2.61. The second-order valence-corrected chi connectivity index (χ2v) is 5.87. The lowest BCUT2D eigenvalue weighted by atomic mass is 10.1. The topological polar surface area (TPSA) is 64.6 Å². The maximum Gasteiger partial charge on any atom is 0.338 e. The normalized spacial score (nSPS) is 10.2. The minimum absolute atomic E-state index is 0.331. The van der Waals surface area contributed by atoms with Crippen LogP contribution < -0.4 is 5.32 Å². The van der Waals surface area contributed by atoms with Gasteiger partial charge in [0.25, 0.3) is 5.91 Å². The number of anilines is 1. The van der Waals surface area contributed by atoms with Crippen molar-refractivity contribution in [1.29, 1.82) is 0 Å². The van der Waals surface area contributed by atoms with Crippen LogP contribution >= 0.6 is 11.8 Å². The Balaban J connectivity index is 1.85. The van der Waals surface area contributed by atoms with Crippen LogP contribution in [0.15, 0.2) is 53.4 Å². The molecule has 0 atom stereocenters. The van der Waals surface area contributed by atoms with Gasteiger partial charge in [0.05, 0.1) is 12.2 Å². The molecule has 2 aromatic carbocycles. The Kier molecular flexibility index (Phi) is 6.84. The van der Waals surface area contributed by atoms with Crippen molar-refractivity contribution in [3.63, 3.8) is 0 Å². The van der Waals surface area contributed by atoms with Crippen LogP contribution in [0.1, 0.15) is 15.9 Å². The van der Waals surface area contributed by atoms with Crippen molar-refractivity contribution >= 4 is 29.3 Å². The van der Waals surface area contributed by atoms with E-state index in [-0.39, 0.29) is 12.5 Å². The van der Waals surface area contributed by atoms with Crippen LogP contribution in [-0.4, -0.2) is 31.8 Å². The summed E-state index contributed by atoms with van der Waals surface area (Å²) in [6.45, 7) is 0.148. The number of nitrogens with one attached hydrogen (secondary N) is 1. The lowest BCUT2D eigenvalue weighted by Crippen LogP contribution is -2.20. The highest BCUT2D eigenvalue weighted by Crippen LogP contribution is 2.18. The van der Waals surface area contributed by atoms with E-state index in [1.807, 2.05) is 24.5 Å². The number of hydrogen-bond acceptors (Lipinski definition) is 5. The first-order valence-corrected chi connectivity index (χ1v) is 8.53. The van der Waals surface area contributed by atoms with E-state index in [1.165, 1.54) is 0 Å². The van der Waals surface area contributed by atoms with Crippen molar-refractivity contribution in [3.8, 4) is 0 Å². The Morgan fingerprint density at radius 1 is 1.12 bits per heavy atom. The van der Waals surface area contributed by atoms with Gasteiger partial charge in [0, 0.05) is 17.7 Å². The van der Waals surface area contributed by atoms with Gasteiger partial charge in [-0.15, -0.1) is 11.8 Å². The summed E-state index contributed by atoms with van der Waals surface area (Å²) in [7, 11) is 1.61. The van der Waals surface area contributed by atoms with Crippen molar-refractivity contribution in [2.45, 2.75) is 11.5 Å². The van der Waals surface area contributed by atoms with E-state index in [0.717, 1.165) is 10.5 Å². The molecule has 24 heavy (non-hydrogen) atoms. The van der Waals surface area contributed by atoms with Crippen LogP contribution in [0, 0.1) is 0 Å². The van der Waals surface area contributed by atoms with E-state index in [9.17, 15) is 9.59 Å². The van der Waals surface area contributed by atoms with Gasteiger partial charge in [-0.1, -0.05) is 18.2 Å². The molecule has 0 radical (unpaired) electrons. The zero-order chi connectivity index (χ0) is 17.4. The van der Waals surface area contributed by atoms with Crippen LogP contribution in [-0.2, 0) is 20.9 Å². The quantitative estimate of drug-likeness (QED) is 0.616. The van der Waals surface area contributed by atoms with Gasteiger partial charge in [-0.05, 0) is 42.2 Å². The molecule has 0 fully saturated rings. The van der Waals surface area contributed by atoms with Crippen LogP contribution in [0.3, 0.4) is 0 Å². The highest BCUT2D eigenvalue weighted by atomic mass is 32.2. The van der Waals surface area contributed by atoms with E-state index < -0.39 is 5.97 Å². The molecule has 6 heteroatoms. The number of hydrogen-bond donors (Lipinski definition) is 1. The summed E-state index contributed by atoms with van der Waals surface area (Å²) in [4.78, 5) is 24.9. The number of methoxy groups -OCH3 is 1. The number of benzene rings is 2. The first kappa shape index (κ1) is 18.0. The van der Waals surface area contributed by atoms with Crippen molar-refractivity contribution in [1.82, 2.24) is 0 Å². The number of rotatable bonds is 7. The van der Waals surface area contributed by atoms with Gasteiger partial charge < -0.3 is 14.8 Å². The number of amides is 1. The SMILES string of the molecule is COCc1ccc(C(=O)OCC(=O)Nc2cccc(SC)c2)cc1. The van der Waals surface area contributed by atoms with Gasteiger partial charge >= 0.3 is 5.97 Å². The summed E-state index contributed by atoms with van der Waals surface area (Å²) in [5.74, 6) is -0.912. The lowest BCUT2D eigenvalue weighted by Gasteiger charge is -2.08.